The first-order valence-corrected chi connectivity index (χ1v) is 14.4. The van der Waals surface area contributed by atoms with E-state index in [1.165, 1.54) is 12.5 Å². The number of carbonyl (C=O) groups is 2. The molecule has 0 aliphatic heterocycles. The van der Waals surface area contributed by atoms with E-state index in [1.54, 1.807) is 0 Å². The molecule has 4 heteroatoms. The van der Waals surface area contributed by atoms with Gasteiger partial charge in [-0.15, -0.1) is 0 Å². The molecule has 0 aromatic rings. The average Bonchev–Trinajstić information content (AvgIpc) is 3.17. The Hall–Kier alpha value is -1.58. The molecule has 5 aliphatic carbocycles. The van der Waals surface area contributed by atoms with E-state index in [-0.39, 0.29) is 45.6 Å². The summed E-state index contributed by atoms with van der Waals surface area (Å²) in [6, 6.07) is 0. The maximum Gasteiger partial charge on any atom is 0.310 e. The smallest absolute Gasteiger partial charge is 0.310 e. The molecule has 36 heavy (non-hydrogen) atoms. The van der Waals surface area contributed by atoms with E-state index in [1.807, 2.05) is 0 Å². The van der Waals surface area contributed by atoms with Crippen LogP contribution >= 0.6 is 0 Å². The first-order chi connectivity index (χ1) is 16.6. The third kappa shape index (κ3) is 3.11. The molecule has 0 aromatic heterocycles. The zero-order valence-electron chi connectivity index (χ0n) is 23.7. The van der Waals surface area contributed by atoms with Gasteiger partial charge in [-0.25, -0.2) is 0 Å². The number of carboxylic acid groups (broad SMARTS) is 1. The Kier molecular flexibility index (Phi) is 5.76. The lowest BCUT2D eigenvalue weighted by molar-refractivity contribution is -0.211. The van der Waals surface area contributed by atoms with Gasteiger partial charge in [-0.05, 0) is 98.7 Å². The summed E-state index contributed by atoms with van der Waals surface area (Å²) in [5.41, 5.74) is 2.28. The predicted octanol–water partition coefficient (Wildman–Crippen LogP) is 7.58. The molecule has 0 radical (unpaired) electrons. The Labute approximate surface area is 218 Å². The molecule has 4 fully saturated rings. The first kappa shape index (κ1) is 26.0. The van der Waals surface area contributed by atoms with Crippen LogP contribution in [0.4, 0.5) is 0 Å². The highest BCUT2D eigenvalue weighted by molar-refractivity contribution is 5.77. The Morgan fingerprint density at radius 2 is 1.64 bits per heavy atom. The Morgan fingerprint density at radius 1 is 0.944 bits per heavy atom. The molecule has 0 heterocycles. The molecule has 0 unspecified atom stereocenters. The van der Waals surface area contributed by atoms with Crippen LogP contribution in [0.3, 0.4) is 0 Å². The summed E-state index contributed by atoms with van der Waals surface area (Å²) in [6.45, 7) is 20.2. The third-order valence-corrected chi connectivity index (χ3v) is 13.1. The topological polar surface area (TPSA) is 63.6 Å². The molecular formula is C32H48O4. The highest BCUT2D eigenvalue weighted by atomic mass is 16.5. The van der Waals surface area contributed by atoms with Crippen molar-refractivity contribution in [3.63, 3.8) is 0 Å². The average molecular weight is 497 g/mol. The molecular weight excluding hydrogens is 448 g/mol. The van der Waals surface area contributed by atoms with Crippen LogP contribution in [0.25, 0.3) is 0 Å². The van der Waals surface area contributed by atoms with E-state index < -0.39 is 11.4 Å². The van der Waals surface area contributed by atoms with Gasteiger partial charge in [-0.1, -0.05) is 58.4 Å². The van der Waals surface area contributed by atoms with Gasteiger partial charge < -0.3 is 9.84 Å². The quantitative estimate of drug-likeness (QED) is 0.323. The maximum absolute atomic E-state index is 12.8. The van der Waals surface area contributed by atoms with E-state index >= 15 is 0 Å². The minimum Gasteiger partial charge on any atom is -0.481 e. The largest absolute Gasteiger partial charge is 0.481 e. The Balaban J connectivity index is 1.57. The Morgan fingerprint density at radius 3 is 2.25 bits per heavy atom. The van der Waals surface area contributed by atoms with Gasteiger partial charge in [0.05, 0.1) is 5.41 Å². The molecule has 9 atom stereocenters. The number of allylic oxidation sites excluding steroid dienone is 3. The molecule has 5 rings (SSSR count). The van der Waals surface area contributed by atoms with Crippen molar-refractivity contribution in [3.8, 4) is 0 Å². The number of carbonyl (C=O) groups excluding carboxylic acids is 1. The SMILES string of the molecule is C=C(C)[C@@H]1CC[C@]2(C(=O)O)CC[C@]3(C)C(=CC[C@@H]4[C@@]5(C)CC[C@H](OC(C)=O)C(C)(C)[C@@H]5CC[C@]43C)[C@@H]12. The van der Waals surface area contributed by atoms with Crippen LogP contribution in [0.2, 0.25) is 0 Å². The van der Waals surface area contributed by atoms with Crippen LogP contribution in [-0.4, -0.2) is 23.1 Å². The van der Waals surface area contributed by atoms with Gasteiger partial charge in [0.2, 0.25) is 0 Å². The number of esters is 1. The summed E-state index contributed by atoms with van der Waals surface area (Å²) in [6.07, 6.45) is 11.4. The number of hydrogen-bond donors (Lipinski definition) is 1. The van der Waals surface area contributed by atoms with Gasteiger partial charge in [0, 0.05) is 18.3 Å². The highest BCUT2D eigenvalue weighted by Gasteiger charge is 2.70. The lowest BCUT2D eigenvalue weighted by atomic mass is 9.34. The van der Waals surface area contributed by atoms with Gasteiger partial charge in [-0.2, -0.15) is 0 Å². The molecule has 0 spiro atoms. The van der Waals surface area contributed by atoms with Crippen molar-refractivity contribution >= 4 is 11.9 Å². The van der Waals surface area contributed by atoms with Gasteiger partial charge >= 0.3 is 11.9 Å². The molecule has 0 saturated heterocycles. The number of aliphatic carboxylic acids is 1. The molecule has 5 aliphatic rings. The fourth-order valence-corrected chi connectivity index (χ4v) is 11.1. The van der Waals surface area contributed by atoms with E-state index in [9.17, 15) is 14.7 Å². The van der Waals surface area contributed by atoms with Crippen molar-refractivity contribution in [1.29, 1.82) is 0 Å². The highest BCUT2D eigenvalue weighted by Crippen LogP contribution is 2.76. The van der Waals surface area contributed by atoms with Crippen LogP contribution in [-0.2, 0) is 14.3 Å². The van der Waals surface area contributed by atoms with Crippen molar-refractivity contribution in [2.75, 3.05) is 0 Å². The van der Waals surface area contributed by atoms with Crippen molar-refractivity contribution < 1.29 is 19.4 Å². The van der Waals surface area contributed by atoms with Crippen molar-refractivity contribution in [2.24, 2.45) is 50.7 Å². The fraction of sp³-hybridized carbons (Fsp3) is 0.812. The second-order valence-electron chi connectivity index (χ2n) is 14.7. The number of carboxylic acids is 1. The van der Waals surface area contributed by atoms with E-state index in [2.05, 4.69) is 54.2 Å². The summed E-state index contributed by atoms with van der Waals surface area (Å²) >= 11 is 0. The van der Waals surface area contributed by atoms with Crippen LogP contribution in [0.15, 0.2) is 23.8 Å². The molecule has 1 N–H and O–H groups in total. The van der Waals surface area contributed by atoms with E-state index in [4.69, 9.17) is 4.74 Å². The molecule has 0 aromatic carbocycles. The first-order valence-electron chi connectivity index (χ1n) is 14.4. The van der Waals surface area contributed by atoms with Crippen molar-refractivity contribution in [3.05, 3.63) is 23.8 Å². The minimum absolute atomic E-state index is 0.0108. The third-order valence-electron chi connectivity index (χ3n) is 13.1. The van der Waals surface area contributed by atoms with Gasteiger partial charge in [0.1, 0.15) is 6.10 Å². The summed E-state index contributed by atoms with van der Waals surface area (Å²) < 4.78 is 5.87. The molecule has 4 saturated carbocycles. The second kappa shape index (κ2) is 7.96. The van der Waals surface area contributed by atoms with Gasteiger partial charge in [0.15, 0.2) is 0 Å². The van der Waals surface area contributed by atoms with E-state index in [0.29, 0.717) is 11.8 Å². The lowest BCUT2D eigenvalue weighted by Crippen LogP contribution is -2.64. The monoisotopic (exact) mass is 496 g/mol. The van der Waals surface area contributed by atoms with Crippen LogP contribution in [0.5, 0.6) is 0 Å². The van der Waals surface area contributed by atoms with Crippen LogP contribution < -0.4 is 0 Å². The van der Waals surface area contributed by atoms with Crippen LogP contribution in [0, 0.1) is 50.7 Å². The summed E-state index contributed by atoms with van der Waals surface area (Å²) in [5, 5.41) is 10.5. The van der Waals surface area contributed by atoms with Crippen LogP contribution in [0.1, 0.15) is 106 Å². The predicted molar refractivity (Wildman–Crippen MR) is 142 cm³/mol. The standard InChI is InChI=1S/C32H48O4/c1-19(2)21-11-16-32(27(34)35)18-17-30(7)22(26(21)32)9-10-24-29(6)14-13-25(36-20(3)33)28(4,5)23(29)12-15-31(24,30)8/h9,21,23-26H,1,10-18H2,2-8H3,(H,34,35)/t21-,23-,24+,25-,26+,29-,30+,31+,32-/m0/s1. The Bertz CT molecular complexity index is 1020. The fourth-order valence-electron chi connectivity index (χ4n) is 11.1. The van der Waals surface area contributed by atoms with E-state index in [0.717, 1.165) is 63.4 Å². The lowest BCUT2D eigenvalue weighted by Gasteiger charge is -2.70. The van der Waals surface area contributed by atoms with Gasteiger partial charge in [0.25, 0.3) is 0 Å². The molecule has 0 bridgehead atoms. The summed E-state index contributed by atoms with van der Waals surface area (Å²) in [5.74, 6) is 0.673. The number of rotatable bonds is 3. The normalized spacial score (nSPS) is 49.0. The molecule has 4 nitrogen and oxygen atoms in total. The molecule has 200 valence electrons. The number of hydrogen-bond acceptors (Lipinski definition) is 3. The number of ether oxygens (including phenoxy) is 1. The molecule has 0 amide bonds. The minimum atomic E-state index is -0.622. The maximum atomic E-state index is 12.8. The zero-order valence-corrected chi connectivity index (χ0v) is 23.7. The zero-order chi connectivity index (χ0) is 26.5. The van der Waals surface area contributed by atoms with Crippen molar-refractivity contribution in [2.45, 2.75) is 112 Å². The summed E-state index contributed by atoms with van der Waals surface area (Å²) in [4.78, 5) is 24.7. The number of fused-ring (bicyclic) bond motifs is 7. The second-order valence-corrected chi connectivity index (χ2v) is 14.7. The summed E-state index contributed by atoms with van der Waals surface area (Å²) in [7, 11) is 0. The van der Waals surface area contributed by atoms with Crippen molar-refractivity contribution in [1.82, 2.24) is 0 Å². The van der Waals surface area contributed by atoms with Gasteiger partial charge in [-0.3, -0.25) is 9.59 Å².